The van der Waals surface area contributed by atoms with Gasteiger partial charge in [-0.1, -0.05) is 25.0 Å². The topological polar surface area (TPSA) is 171 Å². The maximum atomic E-state index is 13.6. The van der Waals surface area contributed by atoms with Crippen molar-refractivity contribution in [3.05, 3.63) is 12.2 Å². The minimum atomic E-state index is -3.83. The predicted octanol–water partition coefficient (Wildman–Crippen LogP) is 0.845. The molecule has 1 unspecified atom stereocenters. The van der Waals surface area contributed by atoms with Gasteiger partial charge >= 0.3 is 6.09 Å². The molecule has 0 radical (unpaired) electrons. The molecule has 2 aliphatic heterocycles. The first-order valence-electron chi connectivity index (χ1n) is 13.7. The summed E-state index contributed by atoms with van der Waals surface area (Å²) in [5.74, 6) is -2.35. The van der Waals surface area contributed by atoms with E-state index in [0.717, 1.165) is 12.8 Å². The third-order valence-electron chi connectivity index (χ3n) is 7.55. The van der Waals surface area contributed by atoms with Gasteiger partial charge < -0.3 is 25.4 Å². The summed E-state index contributed by atoms with van der Waals surface area (Å²) in [6.45, 7) is 5.02. The molecule has 0 spiro atoms. The maximum Gasteiger partial charge on any atom is 0.408 e. The first-order valence-corrected chi connectivity index (χ1v) is 15.3. The summed E-state index contributed by atoms with van der Waals surface area (Å²) in [6, 6.07) is -2.05. The fourth-order valence-electron chi connectivity index (χ4n) is 5.23. The van der Waals surface area contributed by atoms with Crippen molar-refractivity contribution in [1.29, 1.82) is 0 Å². The van der Waals surface area contributed by atoms with E-state index in [9.17, 15) is 32.7 Å². The first kappa shape index (κ1) is 29.3. The van der Waals surface area contributed by atoms with Crippen LogP contribution >= 0.6 is 0 Å². The number of aliphatic hydroxyl groups excluding tert-OH is 1. The number of allylic oxidation sites excluding steroid dienone is 1. The third-order valence-corrected chi connectivity index (χ3v) is 9.37. The van der Waals surface area contributed by atoms with Crippen LogP contribution in [0.5, 0.6) is 0 Å². The molecule has 1 saturated heterocycles. The van der Waals surface area contributed by atoms with Gasteiger partial charge in [-0.3, -0.25) is 19.1 Å². The van der Waals surface area contributed by atoms with Crippen LogP contribution in [0.3, 0.4) is 0 Å². The summed E-state index contributed by atoms with van der Waals surface area (Å²) in [7, 11) is -3.83. The smallest absolute Gasteiger partial charge is 0.408 e. The quantitative estimate of drug-likeness (QED) is 0.362. The van der Waals surface area contributed by atoms with Crippen LogP contribution in [0.25, 0.3) is 0 Å². The standard InChI is InChI=1S/C26H40N4O8S/c1-25(2,3)38-24(35)27-19-10-8-6-4-5-7-9-16-14-26(16,23(34)29-39(36,37)18-11-12-18)28-21(32)20-13-17(31)15-30(20)22(19)33/h7,9,16-20,31H,4-6,8,10-15H2,1-3H3,(H,27,35)(H,28,32)(H,29,34)/t16?,17-,19+,20+,26-/m1/s1. The van der Waals surface area contributed by atoms with Crippen LogP contribution in [0, 0.1) is 5.92 Å². The van der Waals surface area contributed by atoms with Gasteiger partial charge in [0.05, 0.1) is 11.4 Å². The molecule has 4 N–H and O–H groups in total. The molecule has 0 aromatic carbocycles. The average Bonchev–Trinajstić information content (AvgIpc) is 3.73. The van der Waals surface area contributed by atoms with Crippen molar-refractivity contribution >= 4 is 33.8 Å². The molecule has 12 nitrogen and oxygen atoms in total. The Hall–Kier alpha value is -2.67. The fourth-order valence-corrected chi connectivity index (χ4v) is 6.59. The van der Waals surface area contributed by atoms with E-state index < -0.39 is 74.3 Å². The highest BCUT2D eigenvalue weighted by molar-refractivity contribution is 7.91. The lowest BCUT2D eigenvalue weighted by atomic mass is 10.0. The molecule has 4 amide bonds. The second-order valence-electron chi connectivity index (χ2n) is 12.1. The van der Waals surface area contributed by atoms with E-state index in [0.29, 0.717) is 32.1 Å². The van der Waals surface area contributed by atoms with Crippen molar-refractivity contribution in [2.45, 2.75) is 113 Å². The number of aliphatic hydroxyl groups is 1. The molecule has 3 fully saturated rings. The second kappa shape index (κ2) is 11.1. The zero-order chi connectivity index (χ0) is 28.6. The molecule has 4 aliphatic rings. The normalized spacial score (nSPS) is 32.2. The summed E-state index contributed by atoms with van der Waals surface area (Å²) >= 11 is 0. The van der Waals surface area contributed by atoms with E-state index in [1.807, 2.05) is 12.2 Å². The van der Waals surface area contributed by atoms with Crippen LogP contribution in [0.15, 0.2) is 12.2 Å². The molecule has 5 atom stereocenters. The molecule has 4 rings (SSSR count). The van der Waals surface area contributed by atoms with E-state index in [1.54, 1.807) is 20.8 Å². The molecule has 0 aromatic heterocycles. The van der Waals surface area contributed by atoms with Crippen molar-refractivity contribution in [2.24, 2.45) is 5.92 Å². The van der Waals surface area contributed by atoms with Gasteiger partial charge in [-0.2, -0.15) is 0 Å². The van der Waals surface area contributed by atoms with E-state index >= 15 is 0 Å². The van der Waals surface area contributed by atoms with E-state index in [4.69, 9.17) is 4.74 Å². The van der Waals surface area contributed by atoms with Crippen LogP contribution < -0.4 is 15.4 Å². The number of sulfonamides is 1. The molecular formula is C26H40N4O8S. The number of carbonyl (C=O) groups is 4. The first-order chi connectivity index (χ1) is 18.2. The Morgan fingerprint density at radius 3 is 2.54 bits per heavy atom. The molecule has 218 valence electrons. The van der Waals surface area contributed by atoms with Crippen molar-refractivity contribution < 1.29 is 37.4 Å². The molecule has 39 heavy (non-hydrogen) atoms. The molecule has 2 heterocycles. The van der Waals surface area contributed by atoms with Crippen molar-refractivity contribution in [1.82, 2.24) is 20.3 Å². The minimum absolute atomic E-state index is 0.0463. The van der Waals surface area contributed by atoms with E-state index in [2.05, 4.69) is 15.4 Å². The SMILES string of the molecule is CC(C)(C)OC(=O)N[C@H]1CCCCCC=CC2C[C@@]2(C(=O)NS(=O)(=O)C2CC2)NC(=O)[C@@H]2C[C@@H](O)CN2C1=O. The number of nitrogens with one attached hydrogen (secondary N) is 3. The molecule has 0 bridgehead atoms. The summed E-state index contributed by atoms with van der Waals surface area (Å²) in [5, 5.41) is 15.2. The lowest BCUT2D eigenvalue weighted by Gasteiger charge is -2.30. The van der Waals surface area contributed by atoms with E-state index in [-0.39, 0.29) is 19.4 Å². The van der Waals surface area contributed by atoms with Gasteiger partial charge in [0.1, 0.15) is 23.2 Å². The Kier molecular flexibility index (Phi) is 8.32. The second-order valence-corrected chi connectivity index (χ2v) is 14.1. The Bertz CT molecular complexity index is 1130. The van der Waals surface area contributed by atoms with Gasteiger partial charge in [-0.15, -0.1) is 0 Å². The number of carbonyl (C=O) groups excluding carboxylic acids is 4. The number of ether oxygens (including phenoxy) is 1. The summed E-state index contributed by atoms with van der Waals surface area (Å²) < 4.78 is 32.4. The number of nitrogens with zero attached hydrogens (tertiary/aromatic N) is 1. The van der Waals surface area contributed by atoms with Gasteiger partial charge in [0, 0.05) is 18.9 Å². The predicted molar refractivity (Wildman–Crippen MR) is 141 cm³/mol. The maximum absolute atomic E-state index is 13.6. The Morgan fingerprint density at radius 2 is 1.87 bits per heavy atom. The summed E-state index contributed by atoms with van der Waals surface area (Å²) in [4.78, 5) is 54.1. The van der Waals surface area contributed by atoms with Gasteiger partial charge in [0.15, 0.2) is 0 Å². The highest BCUT2D eigenvalue weighted by Crippen LogP contribution is 2.46. The summed E-state index contributed by atoms with van der Waals surface area (Å²) in [6.07, 6.45) is 6.46. The third kappa shape index (κ3) is 7.10. The van der Waals surface area contributed by atoms with Crippen LogP contribution in [-0.4, -0.2) is 83.4 Å². The number of fused-ring (bicyclic) bond motifs is 2. The number of rotatable bonds is 4. The largest absolute Gasteiger partial charge is 0.444 e. The lowest BCUT2D eigenvalue weighted by molar-refractivity contribution is -0.141. The zero-order valence-electron chi connectivity index (χ0n) is 22.8. The van der Waals surface area contributed by atoms with Crippen LogP contribution in [-0.2, 0) is 29.1 Å². The van der Waals surface area contributed by atoms with Gasteiger partial charge in [0.25, 0.3) is 5.91 Å². The Labute approximate surface area is 229 Å². The highest BCUT2D eigenvalue weighted by atomic mass is 32.2. The molecule has 2 aliphatic carbocycles. The number of hydrogen-bond acceptors (Lipinski definition) is 8. The molecular weight excluding hydrogens is 528 g/mol. The molecule has 13 heteroatoms. The van der Waals surface area contributed by atoms with Crippen molar-refractivity contribution in [2.75, 3.05) is 6.54 Å². The van der Waals surface area contributed by atoms with Crippen LogP contribution in [0.1, 0.15) is 78.6 Å². The lowest BCUT2D eigenvalue weighted by Crippen LogP contribution is -2.58. The average molecular weight is 569 g/mol. The zero-order valence-corrected chi connectivity index (χ0v) is 23.6. The Morgan fingerprint density at radius 1 is 1.15 bits per heavy atom. The van der Waals surface area contributed by atoms with Gasteiger partial charge in [-0.05, 0) is 59.3 Å². The number of amides is 4. The minimum Gasteiger partial charge on any atom is -0.444 e. The Balaban J connectivity index is 1.57. The van der Waals surface area contributed by atoms with Crippen molar-refractivity contribution in [3.8, 4) is 0 Å². The molecule has 0 aromatic rings. The molecule has 2 saturated carbocycles. The number of hydrogen-bond donors (Lipinski definition) is 4. The van der Waals surface area contributed by atoms with Crippen LogP contribution in [0.2, 0.25) is 0 Å². The monoisotopic (exact) mass is 568 g/mol. The van der Waals surface area contributed by atoms with Gasteiger partial charge in [0.2, 0.25) is 21.8 Å². The number of alkyl carbamates (subject to hydrolysis) is 1. The fraction of sp³-hybridized carbons (Fsp3) is 0.769. The van der Waals surface area contributed by atoms with E-state index in [1.165, 1.54) is 4.90 Å². The van der Waals surface area contributed by atoms with Crippen molar-refractivity contribution in [3.63, 3.8) is 0 Å². The van der Waals surface area contributed by atoms with Crippen LogP contribution in [0.4, 0.5) is 4.79 Å². The highest BCUT2D eigenvalue weighted by Gasteiger charge is 2.62. The van der Waals surface area contributed by atoms with Gasteiger partial charge in [-0.25, -0.2) is 13.2 Å². The summed E-state index contributed by atoms with van der Waals surface area (Å²) in [5.41, 5.74) is -2.22.